The molecule has 7 heteroatoms. The maximum Gasteiger partial charge on any atom is 0.352 e. The average Bonchev–Trinajstić information content (AvgIpc) is 2.52. The summed E-state index contributed by atoms with van der Waals surface area (Å²) >= 11 is 12.4. The normalized spacial score (nSPS) is 9.80. The van der Waals surface area contributed by atoms with E-state index in [2.05, 4.69) is 4.74 Å². The second-order valence-corrected chi connectivity index (χ2v) is 4.32. The fourth-order valence-electron chi connectivity index (χ4n) is 0.843. The number of halogens is 2. The van der Waals surface area contributed by atoms with E-state index in [1.54, 1.807) is 0 Å². The molecule has 0 saturated carbocycles. The van der Waals surface area contributed by atoms with Gasteiger partial charge < -0.3 is 9.47 Å². The zero-order chi connectivity index (χ0) is 11.4. The summed E-state index contributed by atoms with van der Waals surface area (Å²) in [6.45, 7) is -0.198. The van der Waals surface area contributed by atoms with Crippen LogP contribution >= 0.6 is 34.5 Å². The largest absolute Gasteiger partial charge is 0.483 e. The highest BCUT2D eigenvalue weighted by atomic mass is 35.5. The molecule has 4 nitrogen and oxygen atoms in total. The number of rotatable bonds is 4. The maximum atomic E-state index is 11.3. The van der Waals surface area contributed by atoms with Crippen molar-refractivity contribution in [3.8, 4) is 5.75 Å². The van der Waals surface area contributed by atoms with E-state index in [4.69, 9.17) is 27.9 Å². The van der Waals surface area contributed by atoms with E-state index < -0.39 is 5.97 Å². The van der Waals surface area contributed by atoms with Gasteiger partial charge in [-0.05, 0) is 0 Å². The van der Waals surface area contributed by atoms with Crippen LogP contribution < -0.4 is 4.74 Å². The van der Waals surface area contributed by atoms with Crippen molar-refractivity contribution in [1.29, 1.82) is 0 Å². The van der Waals surface area contributed by atoms with Crippen LogP contribution in [0.4, 0.5) is 0 Å². The van der Waals surface area contributed by atoms with E-state index in [0.717, 1.165) is 11.3 Å². The monoisotopic (exact) mass is 268 g/mol. The molecule has 0 atom stereocenters. The summed E-state index contributed by atoms with van der Waals surface area (Å²) < 4.78 is 9.72. The van der Waals surface area contributed by atoms with Crippen LogP contribution in [0, 0.1) is 0 Å². The van der Waals surface area contributed by atoms with Gasteiger partial charge in [0.25, 0.3) is 0 Å². The molecular weight excluding hydrogens is 263 g/mol. The number of hydrogen-bond acceptors (Lipinski definition) is 5. The standard InChI is InChI=1S/C8H6Cl2O4S/c1-13-8(12)6-5(14-3-2-11)4(9)7(10)15-6/h2H,3H2,1H3. The molecule has 15 heavy (non-hydrogen) atoms. The van der Waals surface area contributed by atoms with Gasteiger partial charge >= 0.3 is 5.97 Å². The second kappa shape index (κ2) is 5.34. The predicted octanol–water partition coefficient (Wildman–Crippen LogP) is 2.42. The minimum absolute atomic E-state index is 0.0885. The zero-order valence-electron chi connectivity index (χ0n) is 7.58. The van der Waals surface area contributed by atoms with Gasteiger partial charge in [-0.1, -0.05) is 23.2 Å². The lowest BCUT2D eigenvalue weighted by molar-refractivity contribution is -0.109. The predicted molar refractivity (Wildman–Crippen MR) is 57.2 cm³/mol. The molecule has 1 rings (SSSR count). The van der Waals surface area contributed by atoms with Gasteiger partial charge in [0, 0.05) is 0 Å². The summed E-state index contributed by atoms with van der Waals surface area (Å²) in [5.74, 6) is -0.514. The number of ether oxygens (including phenoxy) is 2. The maximum absolute atomic E-state index is 11.3. The number of esters is 1. The Bertz CT molecular complexity index is 388. The Morgan fingerprint density at radius 2 is 2.20 bits per heavy atom. The number of thiophene rings is 1. The third-order valence-electron chi connectivity index (χ3n) is 1.44. The zero-order valence-corrected chi connectivity index (χ0v) is 9.91. The summed E-state index contributed by atoms with van der Waals surface area (Å²) in [6, 6.07) is 0. The summed E-state index contributed by atoms with van der Waals surface area (Å²) in [4.78, 5) is 21.5. The lowest BCUT2D eigenvalue weighted by Crippen LogP contribution is -2.04. The minimum atomic E-state index is -0.602. The molecule has 82 valence electrons. The Kier molecular flexibility index (Phi) is 4.38. The van der Waals surface area contributed by atoms with Crippen molar-refractivity contribution in [2.75, 3.05) is 13.7 Å². The van der Waals surface area contributed by atoms with E-state index in [1.165, 1.54) is 7.11 Å². The average molecular weight is 269 g/mol. The first-order valence-corrected chi connectivity index (χ1v) is 5.31. The van der Waals surface area contributed by atoms with Crippen LogP contribution in [-0.2, 0) is 9.53 Å². The number of methoxy groups -OCH3 is 1. The minimum Gasteiger partial charge on any atom is -0.483 e. The van der Waals surface area contributed by atoms with E-state index in [9.17, 15) is 9.59 Å². The summed E-state index contributed by atoms with van der Waals surface area (Å²) in [5.41, 5.74) is 0. The Morgan fingerprint density at radius 3 is 2.73 bits per heavy atom. The third kappa shape index (κ3) is 2.62. The second-order valence-electron chi connectivity index (χ2n) is 2.32. The summed E-state index contributed by atoms with van der Waals surface area (Å²) in [5, 5.41) is 0.115. The molecule has 0 bridgehead atoms. The van der Waals surface area contributed by atoms with E-state index in [1.807, 2.05) is 0 Å². The van der Waals surface area contributed by atoms with Gasteiger partial charge in [0.15, 0.2) is 16.9 Å². The highest BCUT2D eigenvalue weighted by molar-refractivity contribution is 7.19. The molecule has 0 aliphatic heterocycles. The lowest BCUT2D eigenvalue weighted by atomic mass is 10.4. The van der Waals surface area contributed by atoms with Gasteiger partial charge in [0.2, 0.25) is 0 Å². The molecule has 0 aromatic carbocycles. The van der Waals surface area contributed by atoms with Crippen molar-refractivity contribution in [3.05, 3.63) is 14.2 Å². The van der Waals surface area contributed by atoms with Crippen LogP contribution in [0.2, 0.25) is 9.36 Å². The van der Waals surface area contributed by atoms with Crippen LogP contribution in [0.25, 0.3) is 0 Å². The molecule has 1 aromatic heterocycles. The van der Waals surface area contributed by atoms with Crippen molar-refractivity contribution < 1.29 is 19.1 Å². The van der Waals surface area contributed by atoms with Crippen molar-refractivity contribution in [3.63, 3.8) is 0 Å². The molecule has 1 aromatic rings. The van der Waals surface area contributed by atoms with Crippen molar-refractivity contribution in [1.82, 2.24) is 0 Å². The van der Waals surface area contributed by atoms with Crippen LogP contribution in [0.3, 0.4) is 0 Å². The highest BCUT2D eigenvalue weighted by Crippen LogP contribution is 2.42. The Balaban J connectivity index is 3.08. The van der Waals surface area contributed by atoms with Crippen molar-refractivity contribution >= 4 is 46.8 Å². The van der Waals surface area contributed by atoms with Gasteiger partial charge in [-0.2, -0.15) is 0 Å². The smallest absolute Gasteiger partial charge is 0.352 e. The molecule has 0 N–H and O–H groups in total. The molecule has 0 unspecified atom stereocenters. The van der Waals surface area contributed by atoms with Crippen LogP contribution in [0.15, 0.2) is 0 Å². The van der Waals surface area contributed by atoms with Gasteiger partial charge in [-0.3, -0.25) is 4.79 Å². The molecule has 0 spiro atoms. The highest BCUT2D eigenvalue weighted by Gasteiger charge is 2.23. The first-order valence-electron chi connectivity index (χ1n) is 3.74. The van der Waals surface area contributed by atoms with Gasteiger partial charge in [0.05, 0.1) is 7.11 Å². The third-order valence-corrected chi connectivity index (χ3v) is 3.37. The number of carbonyl (C=O) groups is 2. The SMILES string of the molecule is COC(=O)c1sc(Cl)c(Cl)c1OCC=O. The lowest BCUT2D eigenvalue weighted by Gasteiger charge is -2.02. The van der Waals surface area contributed by atoms with Gasteiger partial charge in [-0.15, -0.1) is 11.3 Å². The summed E-state index contributed by atoms with van der Waals surface area (Å²) in [6.07, 6.45) is 0.545. The molecule has 0 aliphatic rings. The molecule has 0 radical (unpaired) electrons. The number of hydrogen-bond donors (Lipinski definition) is 0. The number of carbonyl (C=O) groups excluding carboxylic acids is 2. The molecule has 0 aliphatic carbocycles. The van der Waals surface area contributed by atoms with E-state index in [-0.39, 0.29) is 26.6 Å². The van der Waals surface area contributed by atoms with Crippen LogP contribution in [0.1, 0.15) is 9.67 Å². The Labute approximate surface area is 99.7 Å². The van der Waals surface area contributed by atoms with Crippen LogP contribution in [-0.4, -0.2) is 26.0 Å². The fraction of sp³-hybridized carbons (Fsp3) is 0.250. The fourth-order valence-corrected chi connectivity index (χ4v) is 2.26. The molecule has 0 amide bonds. The Hall–Kier alpha value is -0.780. The topological polar surface area (TPSA) is 52.6 Å². The van der Waals surface area contributed by atoms with Crippen molar-refractivity contribution in [2.24, 2.45) is 0 Å². The van der Waals surface area contributed by atoms with Gasteiger partial charge in [0.1, 0.15) is 16.0 Å². The Morgan fingerprint density at radius 1 is 1.53 bits per heavy atom. The summed E-state index contributed by atoms with van der Waals surface area (Å²) in [7, 11) is 1.23. The molecular formula is C8H6Cl2O4S. The molecule has 1 heterocycles. The van der Waals surface area contributed by atoms with Crippen molar-refractivity contribution in [2.45, 2.75) is 0 Å². The quantitative estimate of drug-likeness (QED) is 0.622. The van der Waals surface area contributed by atoms with E-state index >= 15 is 0 Å². The van der Waals surface area contributed by atoms with Gasteiger partial charge in [-0.25, -0.2) is 4.79 Å². The molecule has 0 saturated heterocycles. The van der Waals surface area contributed by atoms with Crippen LogP contribution in [0.5, 0.6) is 5.75 Å². The molecule has 0 fully saturated rings. The number of aldehydes is 1. The first-order chi connectivity index (χ1) is 7.11. The first kappa shape index (κ1) is 12.3. The van der Waals surface area contributed by atoms with E-state index in [0.29, 0.717) is 6.29 Å².